The molecule has 3 heterocycles. The van der Waals surface area contributed by atoms with Gasteiger partial charge in [0, 0.05) is 37.4 Å². The second kappa shape index (κ2) is 10.3. The fourth-order valence-electron chi connectivity index (χ4n) is 4.43. The Morgan fingerprint density at radius 2 is 1.65 bits per heavy atom. The minimum Gasteiger partial charge on any atom is -0.341 e. The first-order chi connectivity index (χ1) is 16.7. The third-order valence-electron chi connectivity index (χ3n) is 6.14. The minimum atomic E-state index is -0.114. The van der Waals surface area contributed by atoms with Crippen LogP contribution in [0.5, 0.6) is 0 Å². The maximum atomic E-state index is 12.7. The number of amides is 2. The molecule has 0 bridgehead atoms. The molecule has 0 radical (unpaired) electrons. The van der Waals surface area contributed by atoms with Crippen LogP contribution < -0.4 is 15.1 Å². The number of hydrogen-bond acceptors (Lipinski definition) is 6. The van der Waals surface area contributed by atoms with E-state index in [2.05, 4.69) is 20.4 Å². The average Bonchev–Trinajstić information content (AvgIpc) is 3.50. The van der Waals surface area contributed by atoms with E-state index in [4.69, 9.17) is 0 Å². The second-order valence-corrected chi connectivity index (χ2v) is 9.48. The number of hydrogen-bond donors (Lipinski definition) is 1. The van der Waals surface area contributed by atoms with Crippen molar-refractivity contribution in [3.05, 3.63) is 54.6 Å². The Kier molecular flexibility index (Phi) is 6.80. The molecular weight excluding hydrogens is 448 g/mol. The molecule has 0 atom stereocenters. The van der Waals surface area contributed by atoms with Crippen LogP contribution in [0.4, 0.5) is 17.3 Å². The summed E-state index contributed by atoms with van der Waals surface area (Å²) in [6.45, 7) is 2.69. The Morgan fingerprint density at radius 1 is 0.882 bits per heavy atom. The van der Waals surface area contributed by atoms with Gasteiger partial charge in [-0.1, -0.05) is 30.0 Å². The van der Waals surface area contributed by atoms with E-state index in [1.54, 1.807) is 4.90 Å². The van der Waals surface area contributed by atoms with E-state index in [0.29, 0.717) is 17.3 Å². The molecule has 2 aliphatic heterocycles. The number of nitrogens with zero attached hydrogens (tertiary/aromatic N) is 5. The van der Waals surface area contributed by atoms with Crippen molar-refractivity contribution in [2.75, 3.05) is 40.5 Å². The molecule has 9 heteroatoms. The highest BCUT2D eigenvalue weighted by Gasteiger charge is 2.23. The molecule has 2 aromatic carbocycles. The van der Waals surface area contributed by atoms with Gasteiger partial charge in [0.2, 0.25) is 17.8 Å². The number of rotatable bonds is 7. The largest absolute Gasteiger partial charge is 0.341 e. The number of aromatic nitrogens is 3. The van der Waals surface area contributed by atoms with Crippen LogP contribution >= 0.6 is 11.8 Å². The van der Waals surface area contributed by atoms with Crippen LogP contribution in [0.3, 0.4) is 0 Å². The summed E-state index contributed by atoms with van der Waals surface area (Å²) in [7, 11) is 0. The van der Waals surface area contributed by atoms with E-state index in [9.17, 15) is 9.59 Å². The van der Waals surface area contributed by atoms with Gasteiger partial charge < -0.3 is 15.1 Å². The number of para-hydroxylation sites is 1. The van der Waals surface area contributed by atoms with Crippen LogP contribution in [0.15, 0.2) is 59.8 Å². The van der Waals surface area contributed by atoms with Crippen molar-refractivity contribution in [3.8, 4) is 5.69 Å². The standard InChI is InChI=1S/C25H28N6O2S/c32-22(26-19-11-13-20(14-12-19)30-17-7-10-23(30)33)18-34-25-28-27-24(29-15-5-2-6-16-29)31(25)21-8-3-1-4-9-21/h1,3-4,8-9,11-14H,2,5-7,10,15-18H2,(H,26,32). The molecule has 2 fully saturated rings. The Labute approximate surface area is 203 Å². The number of carbonyl (C=O) groups is 2. The normalized spacial score (nSPS) is 16.2. The lowest BCUT2D eigenvalue weighted by molar-refractivity contribution is -0.117. The average molecular weight is 477 g/mol. The number of piperidine rings is 1. The number of anilines is 3. The second-order valence-electron chi connectivity index (χ2n) is 8.53. The number of benzene rings is 2. The van der Waals surface area contributed by atoms with Gasteiger partial charge in [-0.15, -0.1) is 10.2 Å². The minimum absolute atomic E-state index is 0.114. The number of thioether (sulfide) groups is 1. The van der Waals surface area contributed by atoms with E-state index >= 15 is 0 Å². The maximum Gasteiger partial charge on any atom is 0.234 e. The summed E-state index contributed by atoms with van der Waals surface area (Å²) < 4.78 is 2.05. The van der Waals surface area contributed by atoms with Crippen molar-refractivity contribution in [2.45, 2.75) is 37.3 Å². The first kappa shape index (κ1) is 22.5. The van der Waals surface area contributed by atoms with Gasteiger partial charge in [0.05, 0.1) is 11.4 Å². The van der Waals surface area contributed by atoms with Gasteiger partial charge in [-0.25, -0.2) is 0 Å². The van der Waals surface area contributed by atoms with E-state index in [1.165, 1.54) is 18.2 Å². The molecule has 0 spiro atoms. The SMILES string of the molecule is O=C(CSc1nnc(N2CCCCC2)n1-c1ccccc1)Nc1ccc(N2CCCC2=O)cc1. The highest BCUT2D eigenvalue weighted by atomic mass is 32.2. The predicted octanol–water partition coefficient (Wildman–Crippen LogP) is 4.12. The first-order valence-electron chi connectivity index (χ1n) is 11.8. The molecule has 5 rings (SSSR count). The molecule has 2 amide bonds. The van der Waals surface area contributed by atoms with Gasteiger partial charge in [-0.2, -0.15) is 0 Å². The Balaban J connectivity index is 1.26. The van der Waals surface area contributed by atoms with Crippen LogP contribution in [0.2, 0.25) is 0 Å². The van der Waals surface area contributed by atoms with Crippen LogP contribution in [0, 0.1) is 0 Å². The third-order valence-corrected chi connectivity index (χ3v) is 7.07. The highest BCUT2D eigenvalue weighted by Crippen LogP contribution is 2.28. The molecule has 0 aliphatic carbocycles. The number of carbonyl (C=O) groups excluding carboxylic acids is 2. The maximum absolute atomic E-state index is 12.7. The lowest BCUT2D eigenvalue weighted by Gasteiger charge is -2.27. The van der Waals surface area contributed by atoms with Gasteiger partial charge in [-0.3, -0.25) is 14.2 Å². The first-order valence-corrected chi connectivity index (χ1v) is 12.8. The van der Waals surface area contributed by atoms with Crippen LogP contribution in [0.1, 0.15) is 32.1 Å². The van der Waals surface area contributed by atoms with E-state index in [1.807, 2.05) is 59.2 Å². The molecule has 1 aromatic heterocycles. The summed E-state index contributed by atoms with van der Waals surface area (Å²) in [6.07, 6.45) is 5.03. The zero-order chi connectivity index (χ0) is 23.3. The predicted molar refractivity (Wildman–Crippen MR) is 135 cm³/mol. The van der Waals surface area contributed by atoms with Gasteiger partial charge in [0.15, 0.2) is 5.16 Å². The van der Waals surface area contributed by atoms with Crippen molar-refractivity contribution in [3.63, 3.8) is 0 Å². The van der Waals surface area contributed by atoms with Crippen molar-refractivity contribution in [1.29, 1.82) is 0 Å². The summed E-state index contributed by atoms with van der Waals surface area (Å²) in [4.78, 5) is 28.7. The topological polar surface area (TPSA) is 83.4 Å². The lowest BCUT2D eigenvalue weighted by atomic mass is 10.1. The smallest absolute Gasteiger partial charge is 0.234 e. The molecular formula is C25H28N6O2S. The summed E-state index contributed by atoms with van der Waals surface area (Å²) in [5.74, 6) is 1.09. The van der Waals surface area contributed by atoms with Crippen LogP contribution in [-0.4, -0.2) is 52.0 Å². The summed E-state index contributed by atoms with van der Waals surface area (Å²) >= 11 is 1.38. The Hall–Kier alpha value is -3.33. The van der Waals surface area contributed by atoms with Crippen molar-refractivity contribution < 1.29 is 9.59 Å². The molecule has 2 saturated heterocycles. The van der Waals surface area contributed by atoms with Gasteiger partial charge in [0.25, 0.3) is 0 Å². The lowest BCUT2D eigenvalue weighted by Crippen LogP contribution is -2.31. The van der Waals surface area contributed by atoms with E-state index in [0.717, 1.165) is 56.2 Å². The molecule has 176 valence electrons. The van der Waals surface area contributed by atoms with Crippen molar-refractivity contribution in [2.24, 2.45) is 0 Å². The summed E-state index contributed by atoms with van der Waals surface area (Å²) in [5.41, 5.74) is 2.57. The highest BCUT2D eigenvalue weighted by molar-refractivity contribution is 7.99. The fraction of sp³-hybridized carbons (Fsp3) is 0.360. The van der Waals surface area contributed by atoms with Crippen LogP contribution in [0.25, 0.3) is 5.69 Å². The van der Waals surface area contributed by atoms with Gasteiger partial charge in [-0.05, 0) is 62.1 Å². The van der Waals surface area contributed by atoms with Gasteiger partial charge >= 0.3 is 0 Å². The van der Waals surface area contributed by atoms with E-state index < -0.39 is 0 Å². The monoisotopic (exact) mass is 476 g/mol. The fourth-order valence-corrected chi connectivity index (χ4v) is 5.18. The number of nitrogens with one attached hydrogen (secondary N) is 1. The van der Waals surface area contributed by atoms with E-state index in [-0.39, 0.29) is 17.6 Å². The van der Waals surface area contributed by atoms with Crippen molar-refractivity contribution in [1.82, 2.24) is 14.8 Å². The Bertz CT molecular complexity index is 1140. The quantitative estimate of drug-likeness (QED) is 0.517. The third kappa shape index (κ3) is 4.94. The molecule has 3 aromatic rings. The van der Waals surface area contributed by atoms with Crippen molar-refractivity contribution >= 4 is 40.9 Å². The molecule has 34 heavy (non-hydrogen) atoms. The molecule has 1 N–H and O–H groups in total. The summed E-state index contributed by atoms with van der Waals surface area (Å²) in [6, 6.07) is 17.5. The zero-order valence-electron chi connectivity index (χ0n) is 19.0. The molecule has 0 saturated carbocycles. The van der Waals surface area contributed by atoms with Gasteiger partial charge in [0.1, 0.15) is 0 Å². The Morgan fingerprint density at radius 3 is 2.35 bits per heavy atom. The molecule has 2 aliphatic rings. The molecule has 0 unspecified atom stereocenters. The zero-order valence-corrected chi connectivity index (χ0v) is 19.8. The molecule has 8 nitrogen and oxygen atoms in total. The summed E-state index contributed by atoms with van der Waals surface area (Å²) in [5, 5.41) is 12.6. The van der Waals surface area contributed by atoms with Crippen LogP contribution in [-0.2, 0) is 9.59 Å².